The number of nitrogens with zero attached hydrogens (tertiary/aromatic N) is 1. The molecule has 0 saturated carbocycles. The molecule has 0 spiro atoms. The van der Waals surface area contributed by atoms with Crippen molar-refractivity contribution >= 4 is 23.4 Å². The second-order valence-electron chi connectivity index (χ2n) is 4.02. The summed E-state index contributed by atoms with van der Waals surface area (Å²) >= 11 is 1.14. The summed E-state index contributed by atoms with van der Waals surface area (Å²) in [5.41, 5.74) is -0.126. The molecule has 0 unspecified atom stereocenters. The predicted molar refractivity (Wildman–Crippen MR) is 77.2 cm³/mol. The van der Waals surface area contributed by atoms with Crippen molar-refractivity contribution in [2.24, 2.45) is 0 Å². The van der Waals surface area contributed by atoms with E-state index in [-0.39, 0.29) is 11.3 Å². The monoisotopic (exact) mass is 305 g/mol. The Morgan fingerprint density at radius 3 is 2.67 bits per heavy atom. The van der Waals surface area contributed by atoms with Crippen LogP contribution >= 0.6 is 11.8 Å². The Morgan fingerprint density at radius 1 is 1.29 bits per heavy atom. The summed E-state index contributed by atoms with van der Waals surface area (Å²) in [7, 11) is 1.53. The molecule has 0 radical (unpaired) electrons. The number of non-ortho nitro benzene ring substituents is 1. The summed E-state index contributed by atoms with van der Waals surface area (Å²) in [6.07, 6.45) is 0. The maximum absolute atomic E-state index is 11.2. The first-order valence-corrected chi connectivity index (χ1v) is 6.66. The summed E-state index contributed by atoms with van der Waals surface area (Å²) in [6, 6.07) is 10.7. The molecule has 0 fully saturated rings. The fourth-order valence-corrected chi connectivity index (χ4v) is 2.70. The summed E-state index contributed by atoms with van der Waals surface area (Å²) in [5.74, 6) is -0.502. The number of carboxylic acid groups (broad SMARTS) is 1. The highest BCUT2D eigenvalue weighted by atomic mass is 32.2. The second kappa shape index (κ2) is 6.27. The number of aromatic carboxylic acids is 1. The fourth-order valence-electron chi connectivity index (χ4n) is 1.68. The van der Waals surface area contributed by atoms with Crippen LogP contribution in [0.2, 0.25) is 0 Å². The van der Waals surface area contributed by atoms with E-state index in [0.717, 1.165) is 16.7 Å². The summed E-state index contributed by atoms with van der Waals surface area (Å²) < 4.78 is 5.09. The average molecular weight is 305 g/mol. The van der Waals surface area contributed by atoms with E-state index in [1.165, 1.54) is 25.3 Å². The van der Waals surface area contributed by atoms with Crippen molar-refractivity contribution < 1.29 is 19.6 Å². The molecular weight excluding hydrogens is 294 g/mol. The minimum absolute atomic E-state index is 0.0217. The Morgan fingerprint density at radius 2 is 2.05 bits per heavy atom. The van der Waals surface area contributed by atoms with E-state index in [2.05, 4.69) is 0 Å². The zero-order chi connectivity index (χ0) is 15.4. The molecule has 6 nitrogen and oxygen atoms in total. The Labute approximate surface area is 124 Å². The lowest BCUT2D eigenvalue weighted by molar-refractivity contribution is -0.385. The lowest BCUT2D eigenvalue weighted by atomic mass is 10.2. The highest BCUT2D eigenvalue weighted by Crippen LogP contribution is 2.34. The zero-order valence-corrected chi connectivity index (χ0v) is 11.8. The number of carbonyl (C=O) groups is 1. The molecule has 108 valence electrons. The van der Waals surface area contributed by atoms with E-state index in [1.54, 1.807) is 24.3 Å². The van der Waals surface area contributed by atoms with Crippen molar-refractivity contribution in [3.8, 4) is 5.75 Å². The quantitative estimate of drug-likeness (QED) is 0.672. The average Bonchev–Trinajstić information content (AvgIpc) is 2.47. The minimum Gasteiger partial charge on any atom is -0.497 e. The Balaban J connectivity index is 2.42. The first-order valence-electron chi connectivity index (χ1n) is 5.85. The van der Waals surface area contributed by atoms with Gasteiger partial charge >= 0.3 is 5.97 Å². The molecule has 0 aromatic heterocycles. The number of nitro groups is 1. The van der Waals surface area contributed by atoms with Crippen LogP contribution in [0.5, 0.6) is 5.75 Å². The van der Waals surface area contributed by atoms with Gasteiger partial charge in [-0.3, -0.25) is 10.1 Å². The third kappa shape index (κ3) is 3.51. The summed E-state index contributed by atoms with van der Waals surface area (Å²) in [5, 5.41) is 20.0. The molecular formula is C14H11NO5S. The van der Waals surface area contributed by atoms with Crippen molar-refractivity contribution in [2.45, 2.75) is 9.79 Å². The van der Waals surface area contributed by atoms with Crippen molar-refractivity contribution in [2.75, 3.05) is 7.11 Å². The van der Waals surface area contributed by atoms with Gasteiger partial charge in [-0.2, -0.15) is 0 Å². The molecule has 0 aliphatic carbocycles. The molecule has 2 aromatic rings. The van der Waals surface area contributed by atoms with E-state index in [0.29, 0.717) is 10.6 Å². The lowest BCUT2D eigenvalue weighted by Crippen LogP contribution is -2.00. The normalized spacial score (nSPS) is 10.1. The topological polar surface area (TPSA) is 89.7 Å². The number of ether oxygens (including phenoxy) is 1. The smallest absolute Gasteiger partial charge is 0.336 e. The zero-order valence-electron chi connectivity index (χ0n) is 11.0. The third-order valence-electron chi connectivity index (χ3n) is 2.68. The number of hydrogen-bond acceptors (Lipinski definition) is 5. The Bertz CT molecular complexity index is 702. The predicted octanol–water partition coefficient (Wildman–Crippen LogP) is 3.45. The molecule has 1 N–H and O–H groups in total. The molecule has 0 aliphatic heterocycles. The molecule has 0 atom stereocenters. The molecule has 0 saturated heterocycles. The highest BCUT2D eigenvalue weighted by molar-refractivity contribution is 7.99. The molecule has 0 amide bonds. The van der Waals surface area contributed by atoms with Gasteiger partial charge < -0.3 is 9.84 Å². The van der Waals surface area contributed by atoms with Gasteiger partial charge in [-0.1, -0.05) is 17.8 Å². The number of rotatable bonds is 5. The molecule has 0 heterocycles. The van der Waals surface area contributed by atoms with Crippen molar-refractivity contribution in [1.82, 2.24) is 0 Å². The summed E-state index contributed by atoms with van der Waals surface area (Å²) in [6.45, 7) is 0. The standard InChI is InChI=1S/C14H11NO5S/c1-20-10-3-2-4-11(8-10)21-13-7-9(15(18)19)5-6-12(13)14(16)17/h2-8H,1H3,(H,16,17). The van der Waals surface area contributed by atoms with Gasteiger partial charge in [0.2, 0.25) is 0 Å². The van der Waals surface area contributed by atoms with Crippen LogP contribution in [0.25, 0.3) is 0 Å². The molecule has 2 rings (SSSR count). The number of hydrogen-bond donors (Lipinski definition) is 1. The number of nitro benzene ring substituents is 1. The van der Waals surface area contributed by atoms with E-state index in [9.17, 15) is 14.9 Å². The lowest BCUT2D eigenvalue weighted by Gasteiger charge is -2.07. The minimum atomic E-state index is -1.13. The van der Waals surface area contributed by atoms with E-state index < -0.39 is 10.9 Å². The number of carboxylic acids is 1. The van der Waals surface area contributed by atoms with Crippen molar-refractivity contribution in [3.63, 3.8) is 0 Å². The van der Waals surface area contributed by atoms with Gasteiger partial charge in [0.05, 0.1) is 17.6 Å². The van der Waals surface area contributed by atoms with Crippen LogP contribution in [-0.4, -0.2) is 23.1 Å². The maximum atomic E-state index is 11.2. The van der Waals surface area contributed by atoms with Gasteiger partial charge in [-0.25, -0.2) is 4.79 Å². The first-order chi connectivity index (χ1) is 10.0. The molecule has 0 bridgehead atoms. The van der Waals surface area contributed by atoms with Crippen LogP contribution in [0.4, 0.5) is 5.69 Å². The molecule has 21 heavy (non-hydrogen) atoms. The molecule has 2 aromatic carbocycles. The maximum Gasteiger partial charge on any atom is 0.336 e. The van der Waals surface area contributed by atoms with Gasteiger partial charge in [0.15, 0.2) is 0 Å². The van der Waals surface area contributed by atoms with Gasteiger partial charge in [0.25, 0.3) is 5.69 Å². The SMILES string of the molecule is COc1cccc(Sc2cc([N+](=O)[O-])ccc2C(=O)O)c1. The van der Waals surface area contributed by atoms with E-state index in [1.807, 2.05) is 0 Å². The largest absolute Gasteiger partial charge is 0.497 e. The van der Waals surface area contributed by atoms with Crippen LogP contribution in [0.3, 0.4) is 0 Å². The van der Waals surface area contributed by atoms with Crippen LogP contribution in [0.15, 0.2) is 52.3 Å². The summed E-state index contributed by atoms with van der Waals surface area (Å²) in [4.78, 5) is 22.5. The molecule has 7 heteroatoms. The Kier molecular flexibility index (Phi) is 4.44. The van der Waals surface area contributed by atoms with Gasteiger partial charge in [0, 0.05) is 21.9 Å². The van der Waals surface area contributed by atoms with Gasteiger partial charge in [-0.05, 0) is 24.3 Å². The van der Waals surface area contributed by atoms with Crippen molar-refractivity contribution in [1.29, 1.82) is 0 Å². The van der Waals surface area contributed by atoms with Crippen LogP contribution in [0.1, 0.15) is 10.4 Å². The van der Waals surface area contributed by atoms with Crippen LogP contribution in [0, 0.1) is 10.1 Å². The number of benzene rings is 2. The van der Waals surface area contributed by atoms with E-state index in [4.69, 9.17) is 9.84 Å². The van der Waals surface area contributed by atoms with Gasteiger partial charge in [0.1, 0.15) is 5.75 Å². The first kappa shape index (κ1) is 14.9. The highest BCUT2D eigenvalue weighted by Gasteiger charge is 2.16. The van der Waals surface area contributed by atoms with Crippen LogP contribution < -0.4 is 4.74 Å². The van der Waals surface area contributed by atoms with Crippen LogP contribution in [-0.2, 0) is 0 Å². The molecule has 0 aliphatic rings. The van der Waals surface area contributed by atoms with E-state index >= 15 is 0 Å². The van der Waals surface area contributed by atoms with Gasteiger partial charge in [-0.15, -0.1) is 0 Å². The third-order valence-corrected chi connectivity index (χ3v) is 3.72. The van der Waals surface area contributed by atoms with Crippen molar-refractivity contribution in [3.05, 3.63) is 58.1 Å². The Hall–Kier alpha value is -2.54. The second-order valence-corrected chi connectivity index (χ2v) is 5.14. The number of methoxy groups -OCH3 is 1. The fraction of sp³-hybridized carbons (Fsp3) is 0.0714.